The summed E-state index contributed by atoms with van der Waals surface area (Å²) in [6.07, 6.45) is 3.05. The molecule has 3 nitrogen and oxygen atoms in total. The summed E-state index contributed by atoms with van der Waals surface area (Å²) < 4.78 is 0. The molecule has 4 heteroatoms. The molecule has 3 rings (SSSR count). The topological polar surface area (TPSA) is 33.2 Å². The van der Waals surface area contributed by atoms with Crippen LogP contribution in [-0.2, 0) is 6.42 Å². The Hall–Kier alpha value is -1.68. The highest BCUT2D eigenvalue weighted by molar-refractivity contribution is 7.13. The summed E-state index contributed by atoms with van der Waals surface area (Å²) >= 11 is 1.58. The number of aromatic nitrogens is 1. The number of nitrogens with zero attached hydrogens (tertiary/aromatic N) is 2. The van der Waals surface area contributed by atoms with E-state index in [0.29, 0.717) is 11.8 Å². The number of hydrogen-bond acceptors (Lipinski definition) is 3. The lowest BCUT2D eigenvalue weighted by atomic mass is 9.89. The minimum absolute atomic E-state index is 0.173. The van der Waals surface area contributed by atoms with E-state index in [1.807, 2.05) is 11.8 Å². The van der Waals surface area contributed by atoms with Gasteiger partial charge in [0, 0.05) is 19.5 Å². The fourth-order valence-electron chi connectivity index (χ4n) is 3.37. The third kappa shape index (κ3) is 3.86. The zero-order valence-corrected chi connectivity index (χ0v) is 15.6. The van der Waals surface area contributed by atoms with Crippen molar-refractivity contribution in [3.05, 3.63) is 51.5 Å². The van der Waals surface area contributed by atoms with E-state index in [1.54, 1.807) is 11.3 Å². The van der Waals surface area contributed by atoms with Crippen LogP contribution in [0.4, 0.5) is 0 Å². The molecule has 1 saturated heterocycles. The van der Waals surface area contributed by atoms with Gasteiger partial charge in [-0.2, -0.15) is 0 Å². The van der Waals surface area contributed by atoms with Gasteiger partial charge >= 0.3 is 0 Å². The van der Waals surface area contributed by atoms with Gasteiger partial charge in [-0.15, -0.1) is 11.3 Å². The fraction of sp³-hybridized carbons (Fsp3) is 0.500. The van der Waals surface area contributed by atoms with E-state index in [0.717, 1.165) is 47.9 Å². The lowest BCUT2D eigenvalue weighted by molar-refractivity contribution is 0.0717. The predicted octanol–water partition coefficient (Wildman–Crippen LogP) is 4.67. The summed E-state index contributed by atoms with van der Waals surface area (Å²) in [5, 5.41) is 1.09. The first kappa shape index (κ1) is 17.2. The van der Waals surface area contributed by atoms with Crippen LogP contribution in [0.1, 0.15) is 58.5 Å². The van der Waals surface area contributed by atoms with Crippen molar-refractivity contribution in [1.29, 1.82) is 0 Å². The van der Waals surface area contributed by atoms with Crippen LogP contribution in [0.15, 0.2) is 30.3 Å². The van der Waals surface area contributed by atoms with Crippen LogP contribution in [0.5, 0.6) is 0 Å². The van der Waals surface area contributed by atoms with Crippen LogP contribution < -0.4 is 0 Å². The van der Waals surface area contributed by atoms with Crippen molar-refractivity contribution in [2.75, 3.05) is 13.1 Å². The number of aryl methyl sites for hydroxylation is 1. The standard InChI is InChI=1S/C20H26N2OS/c1-14(2)13-18-21-15(3)19(24-18)20(23)22-11-9-17(10-12-22)16-7-5-4-6-8-16/h4-8,14,17H,9-13H2,1-3H3. The van der Waals surface area contributed by atoms with E-state index in [9.17, 15) is 4.79 Å². The molecule has 2 aromatic rings. The number of rotatable bonds is 4. The predicted molar refractivity (Wildman–Crippen MR) is 99.7 cm³/mol. The highest BCUT2D eigenvalue weighted by Gasteiger charge is 2.27. The van der Waals surface area contributed by atoms with Gasteiger partial charge in [0.05, 0.1) is 10.7 Å². The molecule has 0 bridgehead atoms. The minimum atomic E-state index is 0.173. The molecule has 0 saturated carbocycles. The molecule has 0 spiro atoms. The molecular weight excluding hydrogens is 316 g/mol. The van der Waals surface area contributed by atoms with Crippen molar-refractivity contribution in [3.63, 3.8) is 0 Å². The number of benzene rings is 1. The summed E-state index contributed by atoms with van der Waals surface area (Å²) in [4.78, 5) is 20.3. The molecule has 0 aliphatic carbocycles. The van der Waals surface area contributed by atoms with E-state index in [2.05, 4.69) is 49.2 Å². The third-order valence-corrected chi connectivity index (χ3v) is 5.84. The third-order valence-electron chi connectivity index (χ3n) is 4.67. The van der Waals surface area contributed by atoms with Crippen LogP contribution >= 0.6 is 11.3 Å². The van der Waals surface area contributed by atoms with E-state index < -0.39 is 0 Å². The van der Waals surface area contributed by atoms with Crippen LogP contribution in [0, 0.1) is 12.8 Å². The summed E-state index contributed by atoms with van der Waals surface area (Å²) in [5.74, 6) is 1.32. The quantitative estimate of drug-likeness (QED) is 0.809. The van der Waals surface area contributed by atoms with E-state index in [1.165, 1.54) is 5.56 Å². The molecule has 1 aromatic heterocycles. The van der Waals surface area contributed by atoms with Crippen molar-refractivity contribution in [1.82, 2.24) is 9.88 Å². The highest BCUT2D eigenvalue weighted by atomic mass is 32.1. The maximum Gasteiger partial charge on any atom is 0.265 e. The van der Waals surface area contributed by atoms with Gasteiger partial charge in [0.2, 0.25) is 0 Å². The Morgan fingerprint density at radius 1 is 1.25 bits per heavy atom. The van der Waals surface area contributed by atoms with Gasteiger partial charge in [-0.1, -0.05) is 44.2 Å². The Morgan fingerprint density at radius 3 is 2.54 bits per heavy atom. The Balaban J connectivity index is 1.64. The average molecular weight is 343 g/mol. The van der Waals surface area contributed by atoms with Crippen molar-refractivity contribution in [2.45, 2.75) is 46.0 Å². The Labute approximate surface area is 148 Å². The number of carbonyl (C=O) groups is 1. The summed E-state index contributed by atoms with van der Waals surface area (Å²) in [5.41, 5.74) is 2.30. The molecule has 24 heavy (non-hydrogen) atoms. The largest absolute Gasteiger partial charge is 0.338 e. The Kier molecular flexibility index (Phi) is 5.34. The van der Waals surface area contributed by atoms with Gasteiger partial charge < -0.3 is 4.90 Å². The van der Waals surface area contributed by atoms with Crippen molar-refractivity contribution in [2.24, 2.45) is 5.92 Å². The number of hydrogen-bond donors (Lipinski definition) is 0. The Bertz CT molecular complexity index is 685. The van der Waals surface area contributed by atoms with Gasteiger partial charge in [0.15, 0.2) is 0 Å². The average Bonchev–Trinajstić information content (AvgIpc) is 2.94. The zero-order chi connectivity index (χ0) is 17.1. The first-order valence-electron chi connectivity index (χ1n) is 8.85. The number of likely N-dealkylation sites (tertiary alicyclic amines) is 1. The molecule has 0 N–H and O–H groups in total. The molecule has 1 aliphatic rings. The molecule has 128 valence electrons. The molecule has 1 amide bonds. The van der Waals surface area contributed by atoms with Crippen LogP contribution in [-0.4, -0.2) is 28.9 Å². The van der Waals surface area contributed by atoms with Crippen LogP contribution in [0.3, 0.4) is 0 Å². The van der Waals surface area contributed by atoms with Crippen molar-refractivity contribution >= 4 is 17.2 Å². The normalized spacial score (nSPS) is 15.9. The molecule has 2 heterocycles. The Morgan fingerprint density at radius 2 is 1.92 bits per heavy atom. The second-order valence-corrected chi connectivity index (χ2v) is 8.18. The van der Waals surface area contributed by atoms with Gasteiger partial charge in [0.25, 0.3) is 5.91 Å². The first-order chi connectivity index (χ1) is 11.5. The van der Waals surface area contributed by atoms with Gasteiger partial charge in [-0.25, -0.2) is 4.98 Å². The molecule has 0 radical (unpaired) electrons. The number of thiazole rings is 1. The molecule has 1 aliphatic heterocycles. The summed E-state index contributed by atoms with van der Waals surface area (Å²) in [6, 6.07) is 10.7. The number of piperidine rings is 1. The van der Waals surface area contributed by atoms with Crippen LogP contribution in [0.25, 0.3) is 0 Å². The highest BCUT2D eigenvalue weighted by Crippen LogP contribution is 2.30. The smallest absolute Gasteiger partial charge is 0.265 e. The SMILES string of the molecule is Cc1nc(CC(C)C)sc1C(=O)N1CCC(c2ccccc2)CC1. The van der Waals surface area contributed by atoms with Gasteiger partial charge in [-0.05, 0) is 37.2 Å². The van der Waals surface area contributed by atoms with Gasteiger partial charge in [-0.3, -0.25) is 4.79 Å². The molecule has 0 atom stereocenters. The molecular formula is C20H26N2OS. The van der Waals surface area contributed by atoms with E-state index in [4.69, 9.17) is 0 Å². The minimum Gasteiger partial charge on any atom is -0.338 e. The van der Waals surface area contributed by atoms with E-state index >= 15 is 0 Å². The first-order valence-corrected chi connectivity index (χ1v) is 9.66. The molecule has 1 fully saturated rings. The zero-order valence-electron chi connectivity index (χ0n) is 14.8. The number of amides is 1. The van der Waals surface area contributed by atoms with Crippen molar-refractivity contribution in [3.8, 4) is 0 Å². The monoisotopic (exact) mass is 342 g/mol. The number of carbonyl (C=O) groups excluding carboxylic acids is 1. The second-order valence-electron chi connectivity index (χ2n) is 7.10. The summed E-state index contributed by atoms with van der Waals surface area (Å²) in [6.45, 7) is 8.02. The second kappa shape index (κ2) is 7.47. The fourth-order valence-corrected chi connectivity index (χ4v) is 4.62. The molecule has 1 aromatic carbocycles. The van der Waals surface area contributed by atoms with Crippen molar-refractivity contribution < 1.29 is 4.79 Å². The lowest BCUT2D eigenvalue weighted by Crippen LogP contribution is -2.37. The molecule has 0 unspecified atom stereocenters. The lowest BCUT2D eigenvalue weighted by Gasteiger charge is -2.32. The summed E-state index contributed by atoms with van der Waals surface area (Å²) in [7, 11) is 0. The maximum atomic E-state index is 12.9. The van der Waals surface area contributed by atoms with Crippen LogP contribution in [0.2, 0.25) is 0 Å². The van der Waals surface area contributed by atoms with Gasteiger partial charge in [0.1, 0.15) is 4.88 Å². The maximum absolute atomic E-state index is 12.9. The van der Waals surface area contributed by atoms with E-state index in [-0.39, 0.29) is 5.91 Å².